The summed E-state index contributed by atoms with van der Waals surface area (Å²) < 4.78 is 29.7. The van der Waals surface area contributed by atoms with Gasteiger partial charge in [0.25, 0.3) is 0 Å². The summed E-state index contributed by atoms with van der Waals surface area (Å²) in [5, 5.41) is 0. The van der Waals surface area contributed by atoms with E-state index in [-0.39, 0.29) is 17.8 Å². The Morgan fingerprint density at radius 3 is 1.89 bits per heavy atom. The molecule has 2 saturated heterocycles. The van der Waals surface area contributed by atoms with Gasteiger partial charge in [0.1, 0.15) is 17.8 Å². The van der Waals surface area contributed by atoms with E-state index in [9.17, 15) is 14.4 Å². The highest BCUT2D eigenvalue weighted by Gasteiger charge is 2.68. The lowest BCUT2D eigenvalue weighted by Crippen LogP contribution is -2.54. The Balaban J connectivity index is 1.97. The van der Waals surface area contributed by atoms with Gasteiger partial charge in [-0.1, -0.05) is 24.8 Å². The fourth-order valence-corrected chi connectivity index (χ4v) is 4.77. The number of allylic oxidation sites excluding steroid dienone is 3. The van der Waals surface area contributed by atoms with E-state index in [0.29, 0.717) is 35.1 Å². The number of esters is 3. The molecular weight excluding hydrogens is 488 g/mol. The Hall–Kier alpha value is -2.71. The molecule has 3 rings (SSSR count). The van der Waals surface area contributed by atoms with Crippen molar-refractivity contribution in [3.8, 4) is 0 Å². The van der Waals surface area contributed by atoms with E-state index in [4.69, 9.17) is 23.7 Å². The van der Waals surface area contributed by atoms with Gasteiger partial charge in [-0.2, -0.15) is 0 Å². The zero-order chi connectivity index (χ0) is 28.6. The fraction of sp³-hybridized carbons (Fsp3) is 0.633. The normalized spacial score (nSPS) is 33.0. The Morgan fingerprint density at radius 1 is 0.895 bits per heavy atom. The van der Waals surface area contributed by atoms with E-state index in [2.05, 4.69) is 6.58 Å². The monoisotopic (exact) mass is 530 g/mol. The van der Waals surface area contributed by atoms with Crippen molar-refractivity contribution in [2.45, 2.75) is 117 Å². The highest BCUT2D eigenvalue weighted by molar-refractivity contribution is 5.89. The Kier molecular flexibility index (Phi) is 8.78. The number of fused-ring (bicyclic) bond motifs is 1. The minimum absolute atomic E-state index is 0.119. The molecule has 38 heavy (non-hydrogen) atoms. The lowest BCUT2D eigenvalue weighted by molar-refractivity contribution is -0.174. The van der Waals surface area contributed by atoms with Gasteiger partial charge in [0.05, 0.1) is 17.8 Å². The lowest BCUT2D eigenvalue weighted by Gasteiger charge is -2.40. The van der Waals surface area contributed by atoms with E-state index in [1.807, 2.05) is 20.8 Å². The van der Waals surface area contributed by atoms with Crippen LogP contribution in [0, 0.1) is 5.92 Å². The van der Waals surface area contributed by atoms with Crippen LogP contribution < -0.4 is 0 Å². The van der Waals surface area contributed by atoms with Crippen LogP contribution >= 0.6 is 0 Å². The summed E-state index contributed by atoms with van der Waals surface area (Å²) in [5.41, 5.74) is 0.773. The quantitative estimate of drug-likeness (QED) is 0.129. The maximum atomic E-state index is 13.0. The molecule has 0 aromatic rings. The van der Waals surface area contributed by atoms with Gasteiger partial charge in [-0.25, -0.2) is 14.4 Å². The Labute approximate surface area is 226 Å². The molecule has 2 aliphatic heterocycles. The minimum atomic E-state index is -0.889. The van der Waals surface area contributed by atoms with Crippen LogP contribution in [0.25, 0.3) is 0 Å². The highest BCUT2D eigenvalue weighted by atomic mass is 16.7. The molecule has 3 fully saturated rings. The van der Waals surface area contributed by atoms with Gasteiger partial charge >= 0.3 is 17.9 Å². The van der Waals surface area contributed by atoms with Crippen molar-refractivity contribution in [2.24, 2.45) is 5.92 Å². The van der Waals surface area contributed by atoms with Gasteiger partial charge in [0.2, 0.25) is 0 Å². The molecule has 0 N–H and O–H groups in total. The van der Waals surface area contributed by atoms with Crippen molar-refractivity contribution in [3.63, 3.8) is 0 Å². The first kappa shape index (κ1) is 29.8. The van der Waals surface area contributed by atoms with Crippen molar-refractivity contribution >= 4 is 17.9 Å². The van der Waals surface area contributed by atoms with Crippen LogP contribution in [0.5, 0.6) is 0 Å². The fourth-order valence-electron chi connectivity index (χ4n) is 4.77. The molecule has 1 saturated carbocycles. The van der Waals surface area contributed by atoms with E-state index < -0.39 is 47.7 Å². The molecule has 0 spiro atoms. The van der Waals surface area contributed by atoms with Gasteiger partial charge in [0, 0.05) is 29.1 Å². The van der Waals surface area contributed by atoms with Crippen LogP contribution in [0.1, 0.15) is 75.2 Å². The van der Waals surface area contributed by atoms with Gasteiger partial charge in [-0.05, 0) is 74.3 Å². The summed E-state index contributed by atoms with van der Waals surface area (Å²) >= 11 is 0. The van der Waals surface area contributed by atoms with Gasteiger partial charge in [-0.15, -0.1) is 0 Å². The van der Waals surface area contributed by atoms with E-state index in [0.717, 1.165) is 0 Å². The first-order chi connectivity index (χ1) is 17.7. The van der Waals surface area contributed by atoms with E-state index in [1.54, 1.807) is 59.8 Å². The van der Waals surface area contributed by atoms with Crippen LogP contribution in [-0.2, 0) is 38.1 Å². The third-order valence-electron chi connectivity index (χ3n) is 8.18. The molecule has 1 aliphatic carbocycles. The summed E-state index contributed by atoms with van der Waals surface area (Å²) in [5.74, 6) is -1.97. The third kappa shape index (κ3) is 6.12. The van der Waals surface area contributed by atoms with Crippen LogP contribution in [-0.4, -0.2) is 59.6 Å². The second-order valence-corrected chi connectivity index (χ2v) is 11.2. The second kappa shape index (κ2) is 11.2. The smallest absolute Gasteiger partial charge is 0.333 e. The Morgan fingerprint density at radius 2 is 1.39 bits per heavy atom. The Bertz CT molecular complexity index is 1080. The zero-order valence-electron chi connectivity index (χ0n) is 24.1. The molecule has 0 radical (unpaired) electrons. The van der Waals surface area contributed by atoms with Gasteiger partial charge in [-0.3, -0.25) is 0 Å². The van der Waals surface area contributed by atoms with Crippen LogP contribution in [0.15, 0.2) is 47.1 Å². The first-order valence-electron chi connectivity index (χ1n) is 13.3. The highest BCUT2D eigenvalue weighted by Crippen LogP contribution is 2.54. The molecule has 0 unspecified atom stereocenters. The largest absolute Gasteiger partial charge is 0.454 e. The summed E-state index contributed by atoms with van der Waals surface area (Å²) in [6.45, 7) is 20.4. The van der Waals surface area contributed by atoms with E-state index >= 15 is 0 Å². The summed E-state index contributed by atoms with van der Waals surface area (Å²) in [7, 11) is 0. The third-order valence-corrected chi connectivity index (χ3v) is 8.18. The number of epoxide rings is 2. The number of rotatable bonds is 10. The van der Waals surface area contributed by atoms with Crippen LogP contribution in [0.2, 0.25) is 0 Å². The predicted molar refractivity (Wildman–Crippen MR) is 142 cm³/mol. The van der Waals surface area contributed by atoms with Crippen molar-refractivity contribution < 1.29 is 38.1 Å². The topological polar surface area (TPSA) is 104 Å². The van der Waals surface area contributed by atoms with Crippen molar-refractivity contribution in [3.05, 3.63) is 47.1 Å². The molecule has 2 heterocycles. The number of carbonyl (C=O) groups excluding carboxylic acids is 3. The average Bonchev–Trinajstić information content (AvgIpc) is 3.74. The SMILES string of the molecule is C=C([C@H](C[C@H]1OC1(C)C)OC(=O)/C(C)=C\C)[C@H]1C[C@@H]2O[C@]2(C)[C@@H](OC(=O)/C(C)=C\C)[C@@H]1OC(=O)/C(C)=C\C. The molecule has 7 atom stereocenters. The summed E-state index contributed by atoms with van der Waals surface area (Å²) in [6.07, 6.45) is 3.09. The molecule has 8 nitrogen and oxygen atoms in total. The summed E-state index contributed by atoms with van der Waals surface area (Å²) in [4.78, 5) is 38.6. The van der Waals surface area contributed by atoms with Crippen molar-refractivity contribution in [1.82, 2.24) is 0 Å². The molecule has 8 heteroatoms. The molecule has 0 amide bonds. The van der Waals surface area contributed by atoms with Crippen molar-refractivity contribution in [2.75, 3.05) is 0 Å². The number of ether oxygens (including phenoxy) is 5. The molecular formula is C30H42O8. The molecule has 210 valence electrons. The molecule has 0 bridgehead atoms. The first-order valence-corrected chi connectivity index (χ1v) is 13.3. The zero-order valence-corrected chi connectivity index (χ0v) is 24.1. The standard InChI is InChI=1S/C30H42O8/c1-11-16(4)26(31)34-21(15-22-29(8,9)37-22)19(7)20-14-23-30(10,38-23)25(36-28(33)18(6)13-3)24(20)35-27(32)17(5)12-2/h11-13,20-25H,7,14-15H2,1-6,8-10H3/b16-11-,17-12-,18-13-/t20-,21+,22-,23+,24-,25+,30+/m1/s1. The molecule has 0 aromatic heterocycles. The second-order valence-electron chi connectivity index (χ2n) is 11.2. The van der Waals surface area contributed by atoms with Gasteiger partial charge < -0.3 is 23.7 Å². The van der Waals surface area contributed by atoms with E-state index in [1.165, 1.54) is 0 Å². The minimum Gasteiger partial charge on any atom is -0.454 e. The maximum Gasteiger partial charge on any atom is 0.333 e. The lowest BCUT2D eigenvalue weighted by atomic mass is 9.73. The van der Waals surface area contributed by atoms with Crippen molar-refractivity contribution in [1.29, 1.82) is 0 Å². The number of hydrogen-bond donors (Lipinski definition) is 0. The van der Waals surface area contributed by atoms with Crippen LogP contribution in [0.4, 0.5) is 0 Å². The number of carbonyl (C=O) groups is 3. The predicted octanol–water partition coefficient (Wildman–Crippen LogP) is 4.92. The molecule has 0 aromatic carbocycles. The maximum absolute atomic E-state index is 13.0. The van der Waals surface area contributed by atoms with Crippen LogP contribution in [0.3, 0.4) is 0 Å². The average molecular weight is 531 g/mol. The summed E-state index contributed by atoms with van der Waals surface area (Å²) in [6, 6.07) is 0. The molecule has 3 aliphatic rings. The van der Waals surface area contributed by atoms with Gasteiger partial charge in [0.15, 0.2) is 6.10 Å². The number of hydrogen-bond acceptors (Lipinski definition) is 8.